The SMILES string of the molecule is CC(C)CC(=O)N1Cc2ccccc2CC1C(=O)N(C)Cc1nc2ccsc2c(=O)[nH]1. The van der Waals surface area contributed by atoms with Crippen LogP contribution in [-0.4, -0.2) is 44.7 Å². The van der Waals surface area contributed by atoms with Crippen molar-refractivity contribution in [3.05, 3.63) is 63.0 Å². The number of thiophene rings is 1. The third-order valence-electron chi connectivity index (χ3n) is 5.56. The average molecular weight is 439 g/mol. The predicted molar refractivity (Wildman–Crippen MR) is 121 cm³/mol. The number of hydrogen-bond acceptors (Lipinski definition) is 5. The van der Waals surface area contributed by atoms with E-state index in [1.54, 1.807) is 22.9 Å². The van der Waals surface area contributed by atoms with Gasteiger partial charge in [0.15, 0.2) is 0 Å². The summed E-state index contributed by atoms with van der Waals surface area (Å²) in [4.78, 5) is 49.1. The molecule has 0 saturated heterocycles. The van der Waals surface area contributed by atoms with Crippen LogP contribution < -0.4 is 5.56 Å². The summed E-state index contributed by atoms with van der Waals surface area (Å²) < 4.78 is 0.576. The lowest BCUT2D eigenvalue weighted by atomic mass is 9.92. The van der Waals surface area contributed by atoms with Gasteiger partial charge in [0, 0.05) is 26.4 Å². The molecule has 1 N–H and O–H groups in total. The van der Waals surface area contributed by atoms with E-state index in [0.717, 1.165) is 11.1 Å². The second-order valence-corrected chi connectivity index (χ2v) is 9.37. The van der Waals surface area contributed by atoms with Crippen LogP contribution in [0, 0.1) is 5.92 Å². The maximum Gasteiger partial charge on any atom is 0.268 e. The normalized spacial score (nSPS) is 15.9. The van der Waals surface area contributed by atoms with Crippen LogP contribution in [0.4, 0.5) is 0 Å². The van der Waals surface area contributed by atoms with Gasteiger partial charge in [-0.1, -0.05) is 38.1 Å². The Bertz CT molecular complexity index is 1180. The summed E-state index contributed by atoms with van der Waals surface area (Å²) in [5.74, 6) is 0.481. The molecule has 8 heteroatoms. The van der Waals surface area contributed by atoms with Gasteiger partial charge in [0.25, 0.3) is 5.56 Å². The Hall–Kier alpha value is -3.00. The van der Waals surface area contributed by atoms with Crippen LogP contribution in [0.15, 0.2) is 40.5 Å². The summed E-state index contributed by atoms with van der Waals surface area (Å²) in [5.41, 5.74) is 2.61. The van der Waals surface area contributed by atoms with Crippen molar-refractivity contribution < 1.29 is 9.59 Å². The Morgan fingerprint density at radius 3 is 2.74 bits per heavy atom. The molecule has 0 saturated carbocycles. The van der Waals surface area contributed by atoms with Crippen molar-refractivity contribution in [2.45, 2.75) is 45.8 Å². The maximum absolute atomic E-state index is 13.4. The fourth-order valence-electron chi connectivity index (χ4n) is 4.03. The van der Waals surface area contributed by atoms with Crippen LogP contribution in [0.25, 0.3) is 10.2 Å². The van der Waals surface area contributed by atoms with Crippen molar-refractivity contribution in [2.24, 2.45) is 5.92 Å². The Morgan fingerprint density at radius 1 is 1.26 bits per heavy atom. The number of nitrogens with zero attached hydrogens (tertiary/aromatic N) is 3. The molecule has 1 unspecified atom stereocenters. The highest BCUT2D eigenvalue weighted by atomic mass is 32.1. The van der Waals surface area contributed by atoms with E-state index in [0.29, 0.717) is 35.4 Å². The fourth-order valence-corrected chi connectivity index (χ4v) is 4.75. The van der Waals surface area contributed by atoms with Gasteiger partial charge in [0.05, 0.1) is 12.1 Å². The lowest BCUT2D eigenvalue weighted by Gasteiger charge is -2.38. The van der Waals surface area contributed by atoms with E-state index >= 15 is 0 Å². The molecule has 0 radical (unpaired) electrons. The van der Waals surface area contributed by atoms with E-state index in [4.69, 9.17) is 0 Å². The van der Waals surface area contributed by atoms with Gasteiger partial charge < -0.3 is 14.8 Å². The van der Waals surface area contributed by atoms with Crippen LogP contribution in [0.3, 0.4) is 0 Å². The minimum Gasteiger partial charge on any atom is -0.336 e. The first-order chi connectivity index (χ1) is 14.8. The molecule has 1 aliphatic rings. The smallest absolute Gasteiger partial charge is 0.268 e. The quantitative estimate of drug-likeness (QED) is 0.664. The summed E-state index contributed by atoms with van der Waals surface area (Å²) in [7, 11) is 1.69. The van der Waals surface area contributed by atoms with Crippen molar-refractivity contribution in [3.8, 4) is 0 Å². The minimum absolute atomic E-state index is 0.0116. The molecule has 0 fully saturated rings. The summed E-state index contributed by atoms with van der Waals surface area (Å²) >= 11 is 1.34. The number of amides is 2. The van der Waals surface area contributed by atoms with E-state index < -0.39 is 6.04 Å². The lowest BCUT2D eigenvalue weighted by Crippen LogP contribution is -2.53. The topological polar surface area (TPSA) is 86.4 Å². The van der Waals surface area contributed by atoms with Gasteiger partial charge in [0.2, 0.25) is 11.8 Å². The van der Waals surface area contributed by atoms with E-state index in [9.17, 15) is 14.4 Å². The number of aromatic amines is 1. The number of carbonyl (C=O) groups is 2. The summed E-state index contributed by atoms with van der Waals surface area (Å²) in [6.07, 6.45) is 0.885. The Kier molecular flexibility index (Phi) is 5.91. The number of nitrogens with one attached hydrogen (secondary N) is 1. The molecule has 0 aliphatic carbocycles. The number of H-pyrrole nitrogens is 1. The molecule has 2 amide bonds. The Morgan fingerprint density at radius 2 is 2.00 bits per heavy atom. The molecule has 4 rings (SSSR count). The van der Waals surface area contributed by atoms with Crippen molar-refractivity contribution in [1.82, 2.24) is 19.8 Å². The zero-order valence-corrected chi connectivity index (χ0v) is 18.7. The molecule has 31 heavy (non-hydrogen) atoms. The van der Waals surface area contributed by atoms with Crippen molar-refractivity contribution in [1.29, 1.82) is 0 Å². The van der Waals surface area contributed by atoms with Gasteiger partial charge in [-0.3, -0.25) is 14.4 Å². The first kappa shape index (κ1) is 21.2. The van der Waals surface area contributed by atoms with Crippen molar-refractivity contribution in [2.75, 3.05) is 7.05 Å². The molecule has 0 bridgehead atoms. The third-order valence-corrected chi connectivity index (χ3v) is 6.47. The third kappa shape index (κ3) is 4.39. The molecule has 2 aromatic heterocycles. The van der Waals surface area contributed by atoms with E-state index in [1.165, 1.54) is 11.3 Å². The van der Waals surface area contributed by atoms with Crippen LogP contribution in [-0.2, 0) is 29.1 Å². The Balaban J connectivity index is 1.58. The van der Waals surface area contributed by atoms with E-state index in [-0.39, 0.29) is 29.8 Å². The monoisotopic (exact) mass is 438 g/mol. The first-order valence-corrected chi connectivity index (χ1v) is 11.3. The number of likely N-dealkylation sites (N-methyl/N-ethyl adjacent to an activating group) is 1. The first-order valence-electron chi connectivity index (χ1n) is 10.4. The van der Waals surface area contributed by atoms with Gasteiger partial charge in [-0.15, -0.1) is 11.3 Å². The number of benzene rings is 1. The van der Waals surface area contributed by atoms with E-state index in [1.807, 2.05) is 43.5 Å². The number of aromatic nitrogens is 2. The second-order valence-electron chi connectivity index (χ2n) is 8.45. The van der Waals surface area contributed by atoms with Crippen LogP contribution >= 0.6 is 11.3 Å². The van der Waals surface area contributed by atoms with Gasteiger partial charge in [0.1, 0.15) is 16.6 Å². The largest absolute Gasteiger partial charge is 0.336 e. The van der Waals surface area contributed by atoms with Crippen LogP contribution in [0.1, 0.15) is 37.2 Å². The summed E-state index contributed by atoms with van der Waals surface area (Å²) in [6, 6.07) is 9.18. The number of fused-ring (bicyclic) bond motifs is 2. The molecule has 3 aromatic rings. The van der Waals surface area contributed by atoms with Crippen molar-refractivity contribution >= 4 is 33.4 Å². The van der Waals surface area contributed by atoms with Crippen LogP contribution in [0.5, 0.6) is 0 Å². The van der Waals surface area contributed by atoms with E-state index in [2.05, 4.69) is 9.97 Å². The van der Waals surface area contributed by atoms with Gasteiger partial charge in [-0.05, 0) is 28.5 Å². The number of hydrogen-bond donors (Lipinski definition) is 1. The Labute approximate surface area is 184 Å². The molecule has 0 spiro atoms. The summed E-state index contributed by atoms with van der Waals surface area (Å²) in [6.45, 7) is 4.61. The average Bonchev–Trinajstić information content (AvgIpc) is 3.21. The second kappa shape index (κ2) is 8.63. The molecule has 1 aliphatic heterocycles. The molecule has 3 heterocycles. The van der Waals surface area contributed by atoms with Gasteiger partial charge >= 0.3 is 0 Å². The standard InChI is InChI=1S/C23H26N4O3S/c1-14(2)10-20(28)27-12-16-7-5-4-6-15(16)11-18(27)23(30)26(3)13-19-24-17-8-9-31-21(17)22(29)25-19/h4-9,14,18H,10-13H2,1-3H3,(H,24,25,29). The summed E-state index contributed by atoms with van der Waals surface area (Å²) in [5, 5.41) is 1.82. The van der Waals surface area contributed by atoms with Crippen LogP contribution in [0.2, 0.25) is 0 Å². The molecule has 1 atom stereocenters. The maximum atomic E-state index is 13.4. The zero-order chi connectivity index (χ0) is 22.1. The zero-order valence-electron chi connectivity index (χ0n) is 17.9. The minimum atomic E-state index is -0.567. The highest BCUT2D eigenvalue weighted by molar-refractivity contribution is 7.17. The molecule has 7 nitrogen and oxygen atoms in total. The molecular formula is C23H26N4O3S. The molecule has 1 aromatic carbocycles. The van der Waals surface area contributed by atoms with Crippen molar-refractivity contribution in [3.63, 3.8) is 0 Å². The number of rotatable bonds is 5. The van der Waals surface area contributed by atoms with Gasteiger partial charge in [-0.25, -0.2) is 4.98 Å². The fraction of sp³-hybridized carbons (Fsp3) is 0.391. The lowest BCUT2D eigenvalue weighted by molar-refractivity contribution is -0.147. The predicted octanol–water partition coefficient (Wildman–Crippen LogP) is 2.94. The molecule has 162 valence electrons. The molecular weight excluding hydrogens is 412 g/mol. The van der Waals surface area contributed by atoms with Gasteiger partial charge in [-0.2, -0.15) is 0 Å². The highest BCUT2D eigenvalue weighted by Gasteiger charge is 2.36. The highest BCUT2D eigenvalue weighted by Crippen LogP contribution is 2.26. The number of carbonyl (C=O) groups excluding carboxylic acids is 2.